The van der Waals surface area contributed by atoms with Crippen LogP contribution in [-0.4, -0.2) is 36.5 Å². The molecule has 0 aliphatic carbocycles. The van der Waals surface area contributed by atoms with Gasteiger partial charge in [0.1, 0.15) is 13.2 Å². The summed E-state index contributed by atoms with van der Waals surface area (Å²) in [5.74, 6) is -0.571. The zero-order chi connectivity index (χ0) is 27.6. The lowest BCUT2D eigenvalue weighted by Crippen LogP contribution is -2.33. The number of carbonyl (C=O) groups excluding carboxylic acids is 3. The molecule has 0 aliphatic rings. The molecule has 3 amide bonds. The van der Waals surface area contributed by atoms with Crippen molar-refractivity contribution in [1.82, 2.24) is 15.6 Å². The summed E-state index contributed by atoms with van der Waals surface area (Å²) in [6, 6.07) is 26.5. The molecule has 0 fully saturated rings. The van der Waals surface area contributed by atoms with Crippen LogP contribution in [0.15, 0.2) is 97.2 Å². The van der Waals surface area contributed by atoms with Crippen LogP contribution in [0.25, 0.3) is 17.0 Å². The van der Waals surface area contributed by atoms with Gasteiger partial charge in [-0.1, -0.05) is 74.5 Å². The molecule has 0 atom stereocenters. The van der Waals surface area contributed by atoms with Gasteiger partial charge < -0.3 is 25.7 Å². The number of likely N-dealkylation sites (N-methyl/N-ethyl adjacent to an activating group) is 1. The number of carbonyl (C=O) groups is 3. The number of hydrogen-bond donors (Lipinski definition) is 4. The minimum atomic E-state index is -0.663. The van der Waals surface area contributed by atoms with E-state index in [9.17, 15) is 14.4 Å². The third-order valence-electron chi connectivity index (χ3n) is 4.94. The first-order valence-electron chi connectivity index (χ1n) is 12.3. The van der Waals surface area contributed by atoms with Gasteiger partial charge in [0, 0.05) is 30.5 Å². The summed E-state index contributed by atoms with van der Waals surface area (Å²) in [6.45, 7) is 3.94. The summed E-state index contributed by atoms with van der Waals surface area (Å²) < 4.78 is 5.03. The van der Waals surface area contributed by atoms with Gasteiger partial charge in [0.2, 0.25) is 11.8 Å². The topological polar surface area (TPSA) is 112 Å². The Hall–Kier alpha value is -4.85. The molecule has 4 N–H and O–H groups in total. The van der Waals surface area contributed by atoms with Gasteiger partial charge in [0.15, 0.2) is 0 Å². The standard InChI is InChI=1S/C20H21N3O4.C8H7N.C2H6/c1-21-18(24)12-9-15-7-10-17(11-8-15)23-19(25)13-22-20(26)27-14-16-5-3-2-4-6-16;1-2-4-8-7(3-1)5-6-9-8;1-2/h2-12H,13-14H2,1H3,(H,21,24)(H,22,26)(H,23,25);1-6,9H;1-2H3/b12-9+;;. The largest absolute Gasteiger partial charge is 0.445 e. The van der Waals surface area contributed by atoms with Gasteiger partial charge >= 0.3 is 6.09 Å². The molecule has 0 spiro atoms. The Morgan fingerprint density at radius 3 is 2.24 bits per heavy atom. The molecule has 0 unspecified atom stereocenters. The van der Waals surface area contributed by atoms with Crippen molar-refractivity contribution in [3.8, 4) is 0 Å². The lowest BCUT2D eigenvalue weighted by Gasteiger charge is -2.08. The maximum absolute atomic E-state index is 11.9. The van der Waals surface area contributed by atoms with E-state index in [1.807, 2.05) is 62.5 Å². The number of ether oxygens (including phenoxy) is 1. The van der Waals surface area contributed by atoms with Crippen LogP contribution in [0.1, 0.15) is 25.0 Å². The number of alkyl carbamates (subject to hydrolysis) is 1. The summed E-state index contributed by atoms with van der Waals surface area (Å²) in [5, 5.41) is 8.82. The molecule has 4 rings (SSSR count). The Labute approximate surface area is 223 Å². The average molecular weight is 515 g/mol. The van der Waals surface area contributed by atoms with Crippen LogP contribution < -0.4 is 16.0 Å². The first-order chi connectivity index (χ1) is 18.5. The van der Waals surface area contributed by atoms with Gasteiger partial charge in [0.05, 0.1) is 0 Å². The number of aromatic amines is 1. The predicted molar refractivity (Wildman–Crippen MR) is 152 cm³/mol. The predicted octanol–water partition coefficient (Wildman–Crippen LogP) is 5.50. The van der Waals surface area contributed by atoms with Crippen molar-refractivity contribution >= 4 is 40.6 Å². The molecule has 0 bridgehead atoms. The van der Waals surface area contributed by atoms with E-state index in [-0.39, 0.29) is 25.0 Å². The molecular formula is C30H34N4O4. The highest BCUT2D eigenvalue weighted by molar-refractivity contribution is 5.94. The van der Waals surface area contributed by atoms with Crippen molar-refractivity contribution in [2.75, 3.05) is 18.9 Å². The van der Waals surface area contributed by atoms with E-state index in [2.05, 4.69) is 39.1 Å². The Morgan fingerprint density at radius 2 is 1.55 bits per heavy atom. The molecule has 4 aromatic rings. The number of anilines is 1. The van der Waals surface area contributed by atoms with E-state index >= 15 is 0 Å². The van der Waals surface area contributed by atoms with Crippen molar-refractivity contribution in [2.45, 2.75) is 20.5 Å². The van der Waals surface area contributed by atoms with Gasteiger partial charge in [-0.25, -0.2) is 4.79 Å². The third kappa shape index (κ3) is 10.8. The highest BCUT2D eigenvalue weighted by Gasteiger charge is 2.07. The van der Waals surface area contributed by atoms with Gasteiger partial charge in [-0.2, -0.15) is 0 Å². The molecule has 0 aliphatic heterocycles. The quantitative estimate of drug-likeness (QED) is 0.244. The zero-order valence-corrected chi connectivity index (χ0v) is 21.9. The number of H-pyrrole nitrogens is 1. The van der Waals surface area contributed by atoms with Crippen LogP contribution in [0.2, 0.25) is 0 Å². The van der Waals surface area contributed by atoms with Gasteiger partial charge in [-0.3, -0.25) is 9.59 Å². The monoisotopic (exact) mass is 514 g/mol. The second kappa shape index (κ2) is 16.8. The first-order valence-corrected chi connectivity index (χ1v) is 12.3. The number of amides is 3. The number of benzene rings is 3. The van der Waals surface area contributed by atoms with Crippen LogP contribution in [0, 0.1) is 0 Å². The molecule has 0 saturated heterocycles. The van der Waals surface area contributed by atoms with Crippen molar-refractivity contribution in [3.63, 3.8) is 0 Å². The van der Waals surface area contributed by atoms with Crippen LogP contribution in [0.3, 0.4) is 0 Å². The Bertz CT molecular complexity index is 1270. The first kappa shape index (κ1) is 29.4. The van der Waals surface area contributed by atoms with Crippen LogP contribution in [-0.2, 0) is 20.9 Å². The number of hydrogen-bond acceptors (Lipinski definition) is 4. The van der Waals surface area contributed by atoms with Gasteiger partial charge in [-0.15, -0.1) is 0 Å². The maximum atomic E-state index is 11.9. The number of rotatable bonds is 7. The Kier molecular flexibility index (Phi) is 13.0. The number of nitrogens with one attached hydrogen (secondary N) is 4. The van der Waals surface area contributed by atoms with E-state index in [1.165, 1.54) is 17.0 Å². The molecule has 1 heterocycles. The number of aromatic nitrogens is 1. The maximum Gasteiger partial charge on any atom is 0.407 e. The molecule has 8 nitrogen and oxygen atoms in total. The third-order valence-corrected chi connectivity index (χ3v) is 4.94. The van der Waals surface area contributed by atoms with E-state index in [0.717, 1.165) is 11.1 Å². The fourth-order valence-electron chi connectivity index (χ4n) is 3.06. The van der Waals surface area contributed by atoms with Crippen LogP contribution >= 0.6 is 0 Å². The Morgan fingerprint density at radius 1 is 0.868 bits per heavy atom. The normalized spacial score (nSPS) is 9.87. The molecule has 198 valence electrons. The molecule has 1 aromatic heterocycles. The molecule has 38 heavy (non-hydrogen) atoms. The van der Waals surface area contributed by atoms with E-state index in [4.69, 9.17) is 4.74 Å². The minimum Gasteiger partial charge on any atom is -0.445 e. The van der Waals surface area contributed by atoms with E-state index in [1.54, 1.807) is 37.4 Å². The lowest BCUT2D eigenvalue weighted by molar-refractivity contribution is -0.116. The minimum absolute atomic E-state index is 0.138. The van der Waals surface area contributed by atoms with Crippen LogP contribution in [0.5, 0.6) is 0 Å². The van der Waals surface area contributed by atoms with Crippen LogP contribution in [0.4, 0.5) is 10.5 Å². The number of fused-ring (bicyclic) bond motifs is 1. The fraction of sp³-hybridized carbons (Fsp3) is 0.167. The van der Waals surface area contributed by atoms with Gasteiger partial charge in [-0.05, 0) is 46.9 Å². The molecule has 3 aromatic carbocycles. The molecule has 8 heteroatoms. The van der Waals surface area contributed by atoms with E-state index < -0.39 is 6.09 Å². The smallest absolute Gasteiger partial charge is 0.407 e. The SMILES string of the molecule is CC.CNC(=O)/C=C/c1ccc(NC(=O)CNC(=O)OCc2ccccc2)cc1.c1ccc2[nH]ccc2c1. The van der Waals surface area contributed by atoms with Crippen molar-refractivity contribution < 1.29 is 19.1 Å². The van der Waals surface area contributed by atoms with Gasteiger partial charge in [0.25, 0.3) is 0 Å². The lowest BCUT2D eigenvalue weighted by atomic mass is 10.2. The summed E-state index contributed by atoms with van der Waals surface area (Å²) in [4.78, 5) is 37.8. The molecular weight excluding hydrogens is 480 g/mol. The second-order valence-corrected chi connectivity index (χ2v) is 7.60. The molecule has 0 saturated carbocycles. The average Bonchev–Trinajstić information content (AvgIpc) is 3.45. The van der Waals surface area contributed by atoms with Crippen molar-refractivity contribution in [3.05, 3.63) is 108 Å². The molecule has 0 radical (unpaired) electrons. The highest BCUT2D eigenvalue weighted by Crippen LogP contribution is 2.11. The zero-order valence-electron chi connectivity index (χ0n) is 21.9. The van der Waals surface area contributed by atoms with E-state index in [0.29, 0.717) is 5.69 Å². The second-order valence-electron chi connectivity index (χ2n) is 7.60. The summed E-state index contributed by atoms with van der Waals surface area (Å²) >= 11 is 0. The van der Waals surface area contributed by atoms with Crippen molar-refractivity contribution in [2.24, 2.45) is 0 Å². The summed E-state index contributed by atoms with van der Waals surface area (Å²) in [5.41, 5.74) is 3.47. The summed E-state index contributed by atoms with van der Waals surface area (Å²) in [7, 11) is 1.55. The highest BCUT2D eigenvalue weighted by atomic mass is 16.5. The number of para-hydroxylation sites is 1. The fourth-order valence-corrected chi connectivity index (χ4v) is 3.06. The Balaban J connectivity index is 0.000000379. The summed E-state index contributed by atoms with van der Waals surface area (Å²) in [6.07, 6.45) is 4.36. The van der Waals surface area contributed by atoms with Crippen molar-refractivity contribution in [1.29, 1.82) is 0 Å².